The maximum absolute atomic E-state index is 6.14. The van der Waals surface area contributed by atoms with Gasteiger partial charge in [0.15, 0.2) is 0 Å². The molecule has 19 heavy (non-hydrogen) atoms. The number of nitrogens with one attached hydrogen (secondary N) is 1. The van der Waals surface area contributed by atoms with Crippen LogP contribution in [0.1, 0.15) is 23.4 Å². The van der Waals surface area contributed by atoms with Crippen LogP contribution in [-0.2, 0) is 6.42 Å². The summed E-state index contributed by atoms with van der Waals surface area (Å²) in [6.45, 7) is 3.06. The van der Waals surface area contributed by atoms with Crippen LogP contribution in [0.25, 0.3) is 0 Å². The minimum absolute atomic E-state index is 0.299. The fraction of sp³-hybridized carbons (Fsp3) is 0.286. The lowest BCUT2D eigenvalue weighted by atomic mass is 10.0. The van der Waals surface area contributed by atoms with Crippen LogP contribution in [0.4, 0.5) is 0 Å². The van der Waals surface area contributed by atoms with Crippen LogP contribution in [0.15, 0.2) is 39.3 Å². The fourth-order valence-electron chi connectivity index (χ4n) is 1.95. The van der Waals surface area contributed by atoms with Crippen molar-refractivity contribution in [1.82, 2.24) is 5.32 Å². The Hall–Kier alpha value is 0.130. The van der Waals surface area contributed by atoms with E-state index in [0.29, 0.717) is 6.04 Å². The predicted octanol–water partition coefficient (Wildman–Crippen LogP) is 5.82. The maximum Gasteiger partial charge on any atom is 0.107 e. The SMILES string of the molecule is CCNC(Cc1cccc(Br)c1)c1cc(Br)c(Cl)s1. The van der Waals surface area contributed by atoms with E-state index in [2.05, 4.69) is 68.4 Å². The first kappa shape index (κ1) is 15.5. The van der Waals surface area contributed by atoms with Gasteiger partial charge in [-0.25, -0.2) is 0 Å². The van der Waals surface area contributed by atoms with Gasteiger partial charge in [-0.1, -0.05) is 46.6 Å². The topological polar surface area (TPSA) is 12.0 Å². The van der Waals surface area contributed by atoms with Gasteiger partial charge in [-0.15, -0.1) is 11.3 Å². The summed E-state index contributed by atoms with van der Waals surface area (Å²) >= 11 is 14.8. The standard InChI is InChI=1S/C14H14Br2ClNS/c1-2-18-12(13-8-11(16)14(17)19-13)7-9-4-3-5-10(15)6-9/h3-6,8,12,18H,2,7H2,1H3. The zero-order valence-electron chi connectivity index (χ0n) is 10.4. The minimum atomic E-state index is 0.299. The smallest absolute Gasteiger partial charge is 0.107 e. The summed E-state index contributed by atoms with van der Waals surface area (Å²) in [6, 6.07) is 10.8. The number of benzene rings is 1. The zero-order valence-corrected chi connectivity index (χ0v) is 15.2. The summed E-state index contributed by atoms with van der Waals surface area (Å²) in [4.78, 5) is 1.26. The summed E-state index contributed by atoms with van der Waals surface area (Å²) in [5.74, 6) is 0. The first-order valence-corrected chi connectivity index (χ1v) is 8.80. The molecule has 102 valence electrons. The van der Waals surface area contributed by atoms with Gasteiger partial charge in [0.1, 0.15) is 4.34 Å². The van der Waals surface area contributed by atoms with Crippen LogP contribution < -0.4 is 5.32 Å². The molecule has 1 aromatic heterocycles. The van der Waals surface area contributed by atoms with Crippen molar-refractivity contribution in [2.24, 2.45) is 0 Å². The zero-order chi connectivity index (χ0) is 13.8. The van der Waals surface area contributed by atoms with Gasteiger partial charge in [0, 0.05) is 19.9 Å². The molecule has 0 aliphatic heterocycles. The Morgan fingerprint density at radius 2 is 2.11 bits per heavy atom. The van der Waals surface area contributed by atoms with Crippen molar-refractivity contribution in [2.45, 2.75) is 19.4 Å². The predicted molar refractivity (Wildman–Crippen MR) is 91.3 cm³/mol. The average molecular weight is 424 g/mol. The molecule has 0 fully saturated rings. The highest BCUT2D eigenvalue weighted by Crippen LogP contribution is 2.36. The van der Waals surface area contributed by atoms with E-state index in [0.717, 1.165) is 26.2 Å². The molecule has 0 spiro atoms. The molecule has 2 aromatic rings. The Balaban J connectivity index is 2.20. The highest BCUT2D eigenvalue weighted by atomic mass is 79.9. The number of halogens is 3. The molecule has 1 unspecified atom stereocenters. The van der Waals surface area contributed by atoms with Gasteiger partial charge in [-0.3, -0.25) is 0 Å². The number of rotatable bonds is 5. The number of thiophene rings is 1. The van der Waals surface area contributed by atoms with Crippen molar-refractivity contribution in [2.75, 3.05) is 6.54 Å². The Morgan fingerprint density at radius 1 is 1.32 bits per heavy atom. The Morgan fingerprint density at radius 3 is 2.68 bits per heavy atom. The Kier molecular flexibility index (Phi) is 5.90. The van der Waals surface area contributed by atoms with Crippen molar-refractivity contribution in [3.63, 3.8) is 0 Å². The molecule has 0 radical (unpaired) electrons. The van der Waals surface area contributed by atoms with Gasteiger partial charge < -0.3 is 5.32 Å². The molecule has 0 bridgehead atoms. The summed E-state index contributed by atoms with van der Waals surface area (Å²) in [6.07, 6.45) is 0.955. The second-order valence-electron chi connectivity index (χ2n) is 4.21. The number of likely N-dealkylation sites (N-methyl/N-ethyl adjacent to an activating group) is 1. The van der Waals surface area contributed by atoms with Crippen LogP contribution in [-0.4, -0.2) is 6.54 Å². The van der Waals surface area contributed by atoms with E-state index in [1.807, 2.05) is 6.07 Å². The van der Waals surface area contributed by atoms with E-state index in [-0.39, 0.29) is 0 Å². The van der Waals surface area contributed by atoms with Gasteiger partial charge in [0.05, 0.1) is 0 Å². The molecule has 5 heteroatoms. The van der Waals surface area contributed by atoms with E-state index in [4.69, 9.17) is 11.6 Å². The molecular formula is C14H14Br2ClNS. The molecule has 2 rings (SSSR count). The molecule has 1 aromatic carbocycles. The van der Waals surface area contributed by atoms with E-state index in [1.54, 1.807) is 11.3 Å². The molecule has 1 heterocycles. The fourth-order valence-corrected chi connectivity index (χ4v) is 4.21. The van der Waals surface area contributed by atoms with E-state index < -0.39 is 0 Å². The van der Waals surface area contributed by atoms with Crippen LogP contribution in [0.5, 0.6) is 0 Å². The lowest BCUT2D eigenvalue weighted by Crippen LogP contribution is -2.22. The van der Waals surface area contributed by atoms with Crippen LogP contribution in [0.2, 0.25) is 4.34 Å². The molecule has 0 saturated carbocycles. The second kappa shape index (κ2) is 7.23. The summed E-state index contributed by atoms with van der Waals surface area (Å²) in [5.41, 5.74) is 1.31. The third-order valence-corrected chi connectivity index (χ3v) is 5.87. The molecule has 1 atom stereocenters. The lowest BCUT2D eigenvalue weighted by molar-refractivity contribution is 0.558. The second-order valence-corrected chi connectivity index (χ2v) is 7.67. The number of hydrogen-bond acceptors (Lipinski definition) is 2. The molecule has 0 amide bonds. The van der Waals surface area contributed by atoms with Crippen molar-refractivity contribution < 1.29 is 0 Å². The van der Waals surface area contributed by atoms with E-state index >= 15 is 0 Å². The first-order chi connectivity index (χ1) is 9.10. The van der Waals surface area contributed by atoms with Gasteiger partial charge in [-0.2, -0.15) is 0 Å². The van der Waals surface area contributed by atoms with Crippen molar-refractivity contribution in [1.29, 1.82) is 0 Å². The van der Waals surface area contributed by atoms with E-state index in [9.17, 15) is 0 Å². The van der Waals surface area contributed by atoms with Crippen molar-refractivity contribution >= 4 is 54.8 Å². The summed E-state index contributed by atoms with van der Waals surface area (Å²) in [7, 11) is 0. The molecule has 0 aliphatic rings. The summed E-state index contributed by atoms with van der Waals surface area (Å²) in [5, 5.41) is 3.52. The first-order valence-electron chi connectivity index (χ1n) is 6.02. The third-order valence-electron chi connectivity index (χ3n) is 2.79. The molecule has 1 N–H and O–H groups in total. The third kappa shape index (κ3) is 4.30. The lowest BCUT2D eigenvalue weighted by Gasteiger charge is -2.16. The average Bonchev–Trinajstić information content (AvgIpc) is 2.69. The van der Waals surface area contributed by atoms with Crippen molar-refractivity contribution in [3.8, 4) is 0 Å². The van der Waals surface area contributed by atoms with E-state index in [1.165, 1.54) is 10.4 Å². The highest BCUT2D eigenvalue weighted by molar-refractivity contribution is 9.10. The van der Waals surface area contributed by atoms with Crippen LogP contribution in [0, 0.1) is 0 Å². The monoisotopic (exact) mass is 421 g/mol. The molecular weight excluding hydrogens is 409 g/mol. The normalized spacial score (nSPS) is 12.6. The molecule has 0 saturated heterocycles. The van der Waals surface area contributed by atoms with Crippen LogP contribution in [0.3, 0.4) is 0 Å². The van der Waals surface area contributed by atoms with Gasteiger partial charge in [-0.05, 0) is 52.7 Å². The molecule has 1 nitrogen and oxygen atoms in total. The maximum atomic E-state index is 6.14. The van der Waals surface area contributed by atoms with Gasteiger partial charge in [0.25, 0.3) is 0 Å². The molecule has 0 aliphatic carbocycles. The largest absolute Gasteiger partial charge is 0.309 e. The van der Waals surface area contributed by atoms with Gasteiger partial charge >= 0.3 is 0 Å². The van der Waals surface area contributed by atoms with Crippen molar-refractivity contribution in [3.05, 3.63) is 54.1 Å². The highest BCUT2D eigenvalue weighted by Gasteiger charge is 2.15. The number of hydrogen-bond donors (Lipinski definition) is 1. The Labute approximate surface area is 139 Å². The Bertz CT molecular complexity index is 537. The quantitative estimate of drug-likeness (QED) is 0.639. The van der Waals surface area contributed by atoms with Gasteiger partial charge in [0.2, 0.25) is 0 Å². The minimum Gasteiger partial charge on any atom is -0.309 e. The summed E-state index contributed by atoms with van der Waals surface area (Å²) < 4.78 is 2.91. The van der Waals surface area contributed by atoms with Crippen LogP contribution >= 0.6 is 54.8 Å².